The molecule has 1 fully saturated rings. The number of nitrogens with two attached hydrogens (primary N) is 1. The minimum atomic E-state index is 0.224. The lowest BCUT2D eigenvalue weighted by Gasteiger charge is -2.22. The molecule has 70 valence electrons. The zero-order valence-corrected chi connectivity index (χ0v) is 6.99. The zero-order valence-electron chi connectivity index (χ0n) is 6.99. The van der Waals surface area contributed by atoms with Crippen molar-refractivity contribution in [3.63, 3.8) is 0 Å². The lowest BCUT2D eigenvalue weighted by atomic mass is 10.1. The van der Waals surface area contributed by atoms with Gasteiger partial charge in [0.15, 0.2) is 5.84 Å². The van der Waals surface area contributed by atoms with Gasteiger partial charge in [-0.2, -0.15) is 0 Å². The molecule has 0 radical (unpaired) electrons. The first-order valence-electron chi connectivity index (χ1n) is 4.10. The summed E-state index contributed by atoms with van der Waals surface area (Å²) >= 11 is 0. The first-order chi connectivity index (χ1) is 5.83. The van der Waals surface area contributed by atoms with Crippen molar-refractivity contribution in [3.05, 3.63) is 0 Å². The molecule has 12 heavy (non-hydrogen) atoms. The minimum absolute atomic E-state index is 0.224. The van der Waals surface area contributed by atoms with Crippen LogP contribution in [0.15, 0.2) is 5.16 Å². The summed E-state index contributed by atoms with van der Waals surface area (Å²) in [6.45, 7) is 2.04. The van der Waals surface area contributed by atoms with Crippen molar-refractivity contribution in [2.45, 2.75) is 18.9 Å². The molecule has 0 unspecified atom stereocenters. The molecule has 1 heterocycles. The fourth-order valence-electron chi connectivity index (χ4n) is 1.19. The summed E-state index contributed by atoms with van der Waals surface area (Å²) in [6.07, 6.45) is 2.00. The highest BCUT2D eigenvalue weighted by molar-refractivity contribution is 5.81. The summed E-state index contributed by atoms with van der Waals surface area (Å²) in [5.74, 6) is 0.224. The van der Waals surface area contributed by atoms with Gasteiger partial charge in [0.1, 0.15) is 0 Å². The summed E-state index contributed by atoms with van der Waals surface area (Å²) in [7, 11) is 0. The molecule has 1 rings (SSSR count). The Morgan fingerprint density at radius 3 is 2.83 bits per heavy atom. The maximum atomic E-state index is 8.26. The molecule has 0 aromatic carbocycles. The summed E-state index contributed by atoms with van der Waals surface area (Å²) in [5.41, 5.74) is 5.30. The number of amidine groups is 1. The first-order valence-corrected chi connectivity index (χ1v) is 4.10. The molecule has 1 aliphatic heterocycles. The predicted molar refractivity (Wildman–Crippen MR) is 45.3 cm³/mol. The van der Waals surface area contributed by atoms with Crippen LogP contribution in [-0.4, -0.2) is 36.8 Å². The average Bonchev–Trinajstić information content (AvgIpc) is 2.16. The molecule has 5 nitrogen and oxygen atoms in total. The third kappa shape index (κ3) is 3.06. The Labute approximate surface area is 71.6 Å². The Morgan fingerprint density at radius 1 is 1.58 bits per heavy atom. The Kier molecular flexibility index (Phi) is 3.83. The molecule has 4 N–H and O–H groups in total. The van der Waals surface area contributed by atoms with Gasteiger partial charge in [-0.25, -0.2) is 0 Å². The fraction of sp³-hybridized carbons (Fsp3) is 0.857. The molecule has 0 amide bonds. The van der Waals surface area contributed by atoms with E-state index in [1.54, 1.807) is 0 Å². The van der Waals surface area contributed by atoms with Gasteiger partial charge in [0.05, 0.1) is 6.54 Å². The maximum absolute atomic E-state index is 8.26. The van der Waals surface area contributed by atoms with Crippen molar-refractivity contribution in [2.75, 3.05) is 19.8 Å². The van der Waals surface area contributed by atoms with Crippen LogP contribution in [-0.2, 0) is 4.74 Å². The third-order valence-electron chi connectivity index (χ3n) is 1.92. The highest BCUT2D eigenvalue weighted by Gasteiger charge is 2.12. The second kappa shape index (κ2) is 4.95. The number of nitrogens with one attached hydrogen (secondary N) is 1. The van der Waals surface area contributed by atoms with Crippen LogP contribution in [0.3, 0.4) is 0 Å². The van der Waals surface area contributed by atoms with Gasteiger partial charge in [0, 0.05) is 19.3 Å². The van der Waals surface area contributed by atoms with E-state index in [0.29, 0.717) is 12.6 Å². The average molecular weight is 173 g/mol. The van der Waals surface area contributed by atoms with Crippen molar-refractivity contribution in [1.29, 1.82) is 0 Å². The standard InChI is InChI=1S/C7H15N3O2/c8-7(10-11)5-9-6-1-3-12-4-2-6/h6,9,11H,1-5H2,(H2,8,10). The number of rotatable bonds is 3. The predicted octanol–water partition coefficient (Wildman–Crippen LogP) is -0.499. The van der Waals surface area contributed by atoms with Crippen LogP contribution in [0, 0.1) is 0 Å². The van der Waals surface area contributed by atoms with Gasteiger partial charge in [-0.3, -0.25) is 0 Å². The van der Waals surface area contributed by atoms with Crippen LogP contribution in [0.2, 0.25) is 0 Å². The smallest absolute Gasteiger partial charge is 0.153 e. The molecule has 0 aromatic rings. The van der Waals surface area contributed by atoms with E-state index in [9.17, 15) is 0 Å². The van der Waals surface area contributed by atoms with E-state index >= 15 is 0 Å². The van der Waals surface area contributed by atoms with Crippen LogP contribution < -0.4 is 11.1 Å². The van der Waals surface area contributed by atoms with Gasteiger partial charge in [-0.1, -0.05) is 5.16 Å². The van der Waals surface area contributed by atoms with Gasteiger partial charge >= 0.3 is 0 Å². The molecule has 0 spiro atoms. The van der Waals surface area contributed by atoms with E-state index in [1.165, 1.54) is 0 Å². The van der Waals surface area contributed by atoms with Gasteiger partial charge in [-0.05, 0) is 12.8 Å². The van der Waals surface area contributed by atoms with Crippen LogP contribution in [0.25, 0.3) is 0 Å². The van der Waals surface area contributed by atoms with Crippen LogP contribution >= 0.6 is 0 Å². The van der Waals surface area contributed by atoms with Crippen LogP contribution in [0.4, 0.5) is 0 Å². The highest BCUT2D eigenvalue weighted by atomic mass is 16.5. The molecular weight excluding hydrogens is 158 g/mol. The van der Waals surface area contributed by atoms with Gasteiger partial charge < -0.3 is 21.0 Å². The maximum Gasteiger partial charge on any atom is 0.153 e. The van der Waals surface area contributed by atoms with Crippen LogP contribution in [0.1, 0.15) is 12.8 Å². The topological polar surface area (TPSA) is 79.9 Å². The summed E-state index contributed by atoms with van der Waals surface area (Å²) < 4.78 is 5.18. The molecular formula is C7H15N3O2. The highest BCUT2D eigenvalue weighted by Crippen LogP contribution is 2.05. The summed E-state index contributed by atoms with van der Waals surface area (Å²) in [5, 5.41) is 14.3. The molecule has 1 aliphatic rings. The van der Waals surface area contributed by atoms with Crippen molar-refractivity contribution >= 4 is 5.84 Å². The molecule has 0 atom stereocenters. The molecule has 0 aromatic heterocycles. The van der Waals surface area contributed by atoms with E-state index in [0.717, 1.165) is 26.1 Å². The Hall–Kier alpha value is -0.810. The quantitative estimate of drug-likeness (QED) is 0.233. The zero-order chi connectivity index (χ0) is 8.81. The van der Waals surface area contributed by atoms with Gasteiger partial charge in [0.2, 0.25) is 0 Å². The van der Waals surface area contributed by atoms with E-state index in [4.69, 9.17) is 15.7 Å². The number of ether oxygens (including phenoxy) is 1. The fourth-order valence-corrected chi connectivity index (χ4v) is 1.19. The molecule has 5 heteroatoms. The van der Waals surface area contributed by atoms with Crippen LogP contribution in [0.5, 0.6) is 0 Å². The molecule has 0 aliphatic carbocycles. The minimum Gasteiger partial charge on any atom is -0.409 e. The third-order valence-corrected chi connectivity index (χ3v) is 1.92. The van der Waals surface area contributed by atoms with Crippen molar-refractivity contribution < 1.29 is 9.94 Å². The van der Waals surface area contributed by atoms with Crippen molar-refractivity contribution in [2.24, 2.45) is 10.9 Å². The van der Waals surface area contributed by atoms with Gasteiger partial charge in [0.25, 0.3) is 0 Å². The van der Waals surface area contributed by atoms with E-state index in [2.05, 4.69) is 10.5 Å². The Morgan fingerprint density at radius 2 is 2.25 bits per heavy atom. The first kappa shape index (κ1) is 9.28. The van der Waals surface area contributed by atoms with Crippen molar-refractivity contribution in [3.8, 4) is 0 Å². The van der Waals surface area contributed by atoms with E-state index < -0.39 is 0 Å². The number of nitrogens with zero attached hydrogens (tertiary/aromatic N) is 1. The Bertz CT molecular complexity index is 155. The lowest BCUT2D eigenvalue weighted by Crippen LogP contribution is -2.39. The molecule has 1 saturated heterocycles. The molecule has 0 saturated carbocycles. The SMILES string of the molecule is NC(CNC1CCOCC1)=NO. The van der Waals surface area contributed by atoms with E-state index in [1.807, 2.05) is 0 Å². The van der Waals surface area contributed by atoms with E-state index in [-0.39, 0.29) is 5.84 Å². The lowest BCUT2D eigenvalue weighted by molar-refractivity contribution is 0.0791. The number of hydrogen-bond donors (Lipinski definition) is 3. The summed E-state index contributed by atoms with van der Waals surface area (Å²) in [4.78, 5) is 0. The Balaban J connectivity index is 2.13. The molecule has 0 bridgehead atoms. The normalized spacial score (nSPS) is 21.2. The van der Waals surface area contributed by atoms with Gasteiger partial charge in [-0.15, -0.1) is 0 Å². The largest absolute Gasteiger partial charge is 0.409 e. The summed E-state index contributed by atoms with van der Waals surface area (Å²) in [6, 6.07) is 0.444. The second-order valence-corrected chi connectivity index (χ2v) is 2.86. The monoisotopic (exact) mass is 173 g/mol. The number of hydrogen-bond acceptors (Lipinski definition) is 4. The number of oxime groups is 1. The second-order valence-electron chi connectivity index (χ2n) is 2.86. The van der Waals surface area contributed by atoms with Crippen molar-refractivity contribution in [1.82, 2.24) is 5.32 Å².